The fraction of sp³-hybridized carbons (Fsp3) is 1.00. The predicted octanol–water partition coefficient (Wildman–Crippen LogP) is 3.26. The van der Waals surface area contributed by atoms with Crippen molar-refractivity contribution in [3.05, 3.63) is 0 Å². The lowest BCUT2D eigenvalue weighted by Crippen LogP contribution is -2.33. The van der Waals surface area contributed by atoms with Crippen molar-refractivity contribution >= 4 is 0 Å². The topological polar surface area (TPSA) is 29.3 Å². The molecule has 0 aliphatic heterocycles. The van der Waals surface area contributed by atoms with Crippen molar-refractivity contribution < 1.29 is 0 Å². The van der Waals surface area contributed by atoms with Gasteiger partial charge in [-0.3, -0.25) is 0 Å². The van der Waals surface area contributed by atoms with Gasteiger partial charge in [-0.25, -0.2) is 0 Å². The van der Waals surface area contributed by atoms with Crippen molar-refractivity contribution in [3.8, 4) is 0 Å². The highest BCUT2D eigenvalue weighted by atomic mass is 15.1. The van der Waals surface area contributed by atoms with Crippen molar-refractivity contribution in [1.29, 1.82) is 0 Å². The van der Waals surface area contributed by atoms with Crippen LogP contribution in [0.2, 0.25) is 0 Å². The van der Waals surface area contributed by atoms with E-state index in [2.05, 4.69) is 32.7 Å². The Morgan fingerprint density at radius 3 is 2.41 bits per heavy atom. The summed E-state index contributed by atoms with van der Waals surface area (Å²) in [6.07, 6.45) is 8.12. The number of rotatable bonds is 4. The van der Waals surface area contributed by atoms with Crippen LogP contribution in [0.5, 0.6) is 0 Å². The summed E-state index contributed by atoms with van der Waals surface area (Å²) in [7, 11) is 2.28. The fourth-order valence-electron chi connectivity index (χ4n) is 3.11. The average Bonchev–Trinajstić information content (AvgIpc) is 2.50. The van der Waals surface area contributed by atoms with Crippen LogP contribution >= 0.6 is 0 Å². The zero-order valence-electron chi connectivity index (χ0n) is 12.3. The lowest BCUT2D eigenvalue weighted by Gasteiger charge is -2.30. The van der Waals surface area contributed by atoms with Crippen LogP contribution < -0.4 is 5.73 Å². The van der Waals surface area contributed by atoms with Crippen molar-refractivity contribution in [2.45, 2.75) is 65.3 Å². The van der Waals surface area contributed by atoms with Crippen LogP contribution in [0.25, 0.3) is 0 Å². The molecule has 0 aromatic heterocycles. The SMILES string of the molecule is CN(CCCN)C1CCCC(C(C)(C)C)CC1. The van der Waals surface area contributed by atoms with Crippen LogP contribution in [0.15, 0.2) is 0 Å². The van der Waals surface area contributed by atoms with E-state index >= 15 is 0 Å². The predicted molar refractivity (Wildman–Crippen MR) is 76.1 cm³/mol. The van der Waals surface area contributed by atoms with E-state index in [0.29, 0.717) is 5.41 Å². The Labute approximate surface area is 108 Å². The Balaban J connectivity index is 2.42. The van der Waals surface area contributed by atoms with E-state index in [-0.39, 0.29) is 0 Å². The van der Waals surface area contributed by atoms with E-state index in [4.69, 9.17) is 5.73 Å². The van der Waals surface area contributed by atoms with Crippen molar-refractivity contribution in [2.75, 3.05) is 20.1 Å². The molecule has 2 nitrogen and oxygen atoms in total. The van der Waals surface area contributed by atoms with Gasteiger partial charge in [0.15, 0.2) is 0 Å². The molecule has 1 aliphatic carbocycles. The molecule has 0 radical (unpaired) electrons. The largest absolute Gasteiger partial charge is 0.330 e. The molecular formula is C15H32N2. The van der Waals surface area contributed by atoms with E-state index in [9.17, 15) is 0 Å². The summed E-state index contributed by atoms with van der Waals surface area (Å²) in [4.78, 5) is 2.54. The van der Waals surface area contributed by atoms with Crippen molar-refractivity contribution in [2.24, 2.45) is 17.1 Å². The number of nitrogens with two attached hydrogens (primary N) is 1. The lowest BCUT2D eigenvalue weighted by molar-refractivity contribution is 0.194. The minimum Gasteiger partial charge on any atom is -0.330 e. The molecular weight excluding hydrogens is 208 g/mol. The second kappa shape index (κ2) is 6.75. The Morgan fingerprint density at radius 1 is 1.12 bits per heavy atom. The van der Waals surface area contributed by atoms with Gasteiger partial charge in [0.2, 0.25) is 0 Å². The third-order valence-corrected chi connectivity index (χ3v) is 4.50. The van der Waals surface area contributed by atoms with Gasteiger partial charge in [-0.2, -0.15) is 0 Å². The van der Waals surface area contributed by atoms with Gasteiger partial charge in [-0.05, 0) is 63.6 Å². The van der Waals surface area contributed by atoms with Gasteiger partial charge in [0.1, 0.15) is 0 Å². The standard InChI is InChI=1S/C15H32N2/c1-15(2,3)13-7-5-8-14(10-9-13)17(4)12-6-11-16/h13-14H,5-12,16H2,1-4H3. The first-order valence-corrected chi connectivity index (χ1v) is 7.35. The van der Waals surface area contributed by atoms with Gasteiger partial charge in [-0.15, -0.1) is 0 Å². The average molecular weight is 240 g/mol. The van der Waals surface area contributed by atoms with Crippen LogP contribution in [0.4, 0.5) is 0 Å². The molecule has 1 aliphatic rings. The van der Waals surface area contributed by atoms with E-state index in [1.54, 1.807) is 0 Å². The second-order valence-corrected chi connectivity index (χ2v) is 6.85. The zero-order valence-corrected chi connectivity index (χ0v) is 12.3. The normalized spacial score (nSPS) is 27.2. The van der Waals surface area contributed by atoms with E-state index in [1.807, 2.05) is 0 Å². The maximum Gasteiger partial charge on any atom is 0.00923 e. The highest BCUT2D eigenvalue weighted by molar-refractivity contribution is 4.81. The Kier molecular flexibility index (Phi) is 5.94. The molecule has 1 fully saturated rings. The summed E-state index contributed by atoms with van der Waals surface area (Å²) in [6.45, 7) is 9.19. The monoisotopic (exact) mass is 240 g/mol. The summed E-state index contributed by atoms with van der Waals surface area (Å²) in [5, 5.41) is 0. The van der Waals surface area contributed by atoms with E-state index in [1.165, 1.54) is 38.6 Å². The van der Waals surface area contributed by atoms with Gasteiger partial charge in [0.25, 0.3) is 0 Å². The minimum atomic E-state index is 0.491. The van der Waals surface area contributed by atoms with Crippen molar-refractivity contribution in [3.63, 3.8) is 0 Å². The van der Waals surface area contributed by atoms with Gasteiger partial charge < -0.3 is 10.6 Å². The first kappa shape index (κ1) is 15.0. The molecule has 17 heavy (non-hydrogen) atoms. The Morgan fingerprint density at radius 2 is 1.82 bits per heavy atom. The zero-order chi connectivity index (χ0) is 12.9. The Hall–Kier alpha value is -0.0800. The van der Waals surface area contributed by atoms with Gasteiger partial charge in [0, 0.05) is 6.04 Å². The van der Waals surface area contributed by atoms with Gasteiger partial charge >= 0.3 is 0 Å². The first-order chi connectivity index (χ1) is 7.95. The molecule has 2 heteroatoms. The first-order valence-electron chi connectivity index (χ1n) is 7.35. The third kappa shape index (κ3) is 4.97. The second-order valence-electron chi connectivity index (χ2n) is 6.85. The summed E-state index contributed by atoms with van der Waals surface area (Å²) < 4.78 is 0. The molecule has 2 unspecified atom stereocenters. The third-order valence-electron chi connectivity index (χ3n) is 4.50. The number of hydrogen-bond donors (Lipinski definition) is 1. The summed E-state index contributed by atoms with van der Waals surface area (Å²) in [6, 6.07) is 0.800. The molecule has 2 atom stereocenters. The van der Waals surface area contributed by atoms with Crippen LogP contribution in [0.1, 0.15) is 59.3 Å². The van der Waals surface area contributed by atoms with Crippen molar-refractivity contribution in [1.82, 2.24) is 4.90 Å². The molecule has 0 aromatic rings. The van der Waals surface area contributed by atoms with Crippen LogP contribution in [-0.2, 0) is 0 Å². The molecule has 0 saturated heterocycles. The van der Waals surface area contributed by atoms with E-state index < -0.39 is 0 Å². The number of nitrogens with zero attached hydrogens (tertiary/aromatic N) is 1. The quantitative estimate of drug-likeness (QED) is 0.764. The molecule has 0 spiro atoms. The van der Waals surface area contributed by atoms with Crippen LogP contribution in [0.3, 0.4) is 0 Å². The molecule has 0 heterocycles. The summed E-state index contributed by atoms with van der Waals surface area (Å²) in [5.41, 5.74) is 6.08. The molecule has 0 aromatic carbocycles. The highest BCUT2D eigenvalue weighted by Crippen LogP contribution is 2.37. The number of hydrogen-bond acceptors (Lipinski definition) is 2. The molecule has 102 valence electrons. The minimum absolute atomic E-state index is 0.491. The molecule has 1 rings (SSSR count). The van der Waals surface area contributed by atoms with Gasteiger partial charge in [-0.1, -0.05) is 27.2 Å². The molecule has 0 amide bonds. The molecule has 2 N–H and O–H groups in total. The maximum absolute atomic E-state index is 5.59. The summed E-state index contributed by atoms with van der Waals surface area (Å²) in [5.74, 6) is 0.912. The fourth-order valence-corrected chi connectivity index (χ4v) is 3.11. The lowest BCUT2D eigenvalue weighted by atomic mass is 9.76. The highest BCUT2D eigenvalue weighted by Gasteiger charge is 2.28. The van der Waals surface area contributed by atoms with Crippen LogP contribution in [-0.4, -0.2) is 31.1 Å². The van der Waals surface area contributed by atoms with Crippen LogP contribution in [0, 0.1) is 11.3 Å². The van der Waals surface area contributed by atoms with E-state index in [0.717, 1.165) is 24.9 Å². The van der Waals surface area contributed by atoms with Gasteiger partial charge in [0.05, 0.1) is 0 Å². The smallest absolute Gasteiger partial charge is 0.00923 e. The molecule has 1 saturated carbocycles. The Bertz CT molecular complexity index is 207. The molecule has 0 bridgehead atoms. The maximum atomic E-state index is 5.59. The summed E-state index contributed by atoms with van der Waals surface area (Å²) >= 11 is 0.